The van der Waals surface area contributed by atoms with Crippen LogP contribution in [0.3, 0.4) is 0 Å². The Labute approximate surface area is 166 Å². The molecule has 0 spiro atoms. The zero-order chi connectivity index (χ0) is 20.1. The smallest absolute Gasteiger partial charge is 0.220 e. The number of aromatic nitrogens is 3. The summed E-state index contributed by atoms with van der Waals surface area (Å²) >= 11 is 1.29. The van der Waals surface area contributed by atoms with E-state index in [2.05, 4.69) is 10.2 Å². The maximum atomic E-state index is 11.3. The average Bonchev–Trinajstić information content (AvgIpc) is 3.07. The second-order valence-electron chi connectivity index (χ2n) is 5.93. The Hall–Kier alpha value is -3.07. The molecule has 0 N–H and O–H groups in total. The van der Waals surface area contributed by atoms with Gasteiger partial charge in [-0.3, -0.25) is 14.7 Å². The fraction of sp³-hybridized carbons (Fsp3) is 0.263. The van der Waals surface area contributed by atoms with E-state index in [9.17, 15) is 10.1 Å². The van der Waals surface area contributed by atoms with Crippen molar-refractivity contribution in [3.8, 4) is 17.2 Å². The van der Waals surface area contributed by atoms with Crippen molar-refractivity contribution in [2.75, 3.05) is 20.8 Å². The molecule has 0 fully saturated rings. The molecule has 0 radical (unpaired) electrons. The average molecular weight is 400 g/mol. The van der Waals surface area contributed by atoms with Crippen molar-refractivity contribution in [2.45, 2.75) is 17.3 Å². The van der Waals surface area contributed by atoms with Crippen molar-refractivity contribution in [1.29, 1.82) is 0 Å². The first-order valence-corrected chi connectivity index (χ1v) is 9.39. The summed E-state index contributed by atoms with van der Waals surface area (Å²) in [5.41, 5.74) is 1.60. The number of nitrogens with zero attached hydrogens (tertiary/aromatic N) is 4. The van der Waals surface area contributed by atoms with Crippen LogP contribution in [0, 0.1) is 17.0 Å². The van der Waals surface area contributed by atoms with Crippen molar-refractivity contribution in [3.63, 3.8) is 0 Å². The van der Waals surface area contributed by atoms with Crippen molar-refractivity contribution in [1.82, 2.24) is 14.8 Å². The van der Waals surface area contributed by atoms with E-state index >= 15 is 0 Å². The van der Waals surface area contributed by atoms with E-state index < -0.39 is 5.25 Å². The molecule has 0 aliphatic rings. The number of aryl methyl sites for hydroxylation is 1. The maximum absolute atomic E-state index is 11.3. The van der Waals surface area contributed by atoms with Crippen LogP contribution in [0.25, 0.3) is 5.69 Å². The third-order valence-corrected chi connectivity index (χ3v) is 5.34. The Morgan fingerprint density at radius 2 is 1.82 bits per heavy atom. The molecule has 8 nitrogen and oxygen atoms in total. The molecule has 0 bridgehead atoms. The maximum Gasteiger partial charge on any atom is 0.220 e. The van der Waals surface area contributed by atoms with E-state index in [-0.39, 0.29) is 11.5 Å². The molecule has 0 saturated carbocycles. The van der Waals surface area contributed by atoms with E-state index in [1.807, 2.05) is 54.0 Å². The summed E-state index contributed by atoms with van der Waals surface area (Å²) in [5.74, 6) is 2.03. The van der Waals surface area contributed by atoms with Crippen molar-refractivity contribution in [3.05, 3.63) is 70.0 Å². The monoisotopic (exact) mass is 400 g/mol. The van der Waals surface area contributed by atoms with Crippen molar-refractivity contribution < 1.29 is 14.4 Å². The SMILES string of the molecule is COc1ccc(-n2c(C)nnc2S[C@@H](C[N+](=O)[O-])c2ccccc2OC)cc1. The van der Waals surface area contributed by atoms with Crippen LogP contribution in [0.2, 0.25) is 0 Å². The molecule has 1 heterocycles. The molecule has 1 aromatic heterocycles. The fourth-order valence-electron chi connectivity index (χ4n) is 2.84. The number of hydrogen-bond donors (Lipinski definition) is 0. The van der Waals surface area contributed by atoms with Gasteiger partial charge in [0.1, 0.15) is 22.6 Å². The molecular formula is C19H20N4O4S. The number of rotatable bonds is 8. The van der Waals surface area contributed by atoms with Gasteiger partial charge in [-0.05, 0) is 37.3 Å². The van der Waals surface area contributed by atoms with Gasteiger partial charge in [0, 0.05) is 16.2 Å². The van der Waals surface area contributed by atoms with Gasteiger partial charge in [0.2, 0.25) is 6.54 Å². The van der Waals surface area contributed by atoms with E-state index in [1.54, 1.807) is 20.3 Å². The topological polar surface area (TPSA) is 92.3 Å². The highest BCUT2D eigenvalue weighted by atomic mass is 32.2. The third-order valence-electron chi connectivity index (χ3n) is 4.17. The van der Waals surface area contributed by atoms with Gasteiger partial charge in [-0.2, -0.15) is 0 Å². The molecule has 0 saturated heterocycles. The summed E-state index contributed by atoms with van der Waals surface area (Å²) < 4.78 is 12.5. The van der Waals surface area contributed by atoms with Crippen LogP contribution in [-0.2, 0) is 0 Å². The van der Waals surface area contributed by atoms with E-state index in [0.717, 1.165) is 17.0 Å². The number of benzene rings is 2. The summed E-state index contributed by atoms with van der Waals surface area (Å²) in [6, 6.07) is 14.8. The van der Waals surface area contributed by atoms with Crippen LogP contribution >= 0.6 is 11.8 Å². The Kier molecular flexibility index (Phi) is 6.15. The minimum Gasteiger partial charge on any atom is -0.497 e. The van der Waals surface area contributed by atoms with Gasteiger partial charge in [-0.1, -0.05) is 30.0 Å². The number of hydrogen-bond acceptors (Lipinski definition) is 7. The lowest BCUT2D eigenvalue weighted by atomic mass is 10.1. The second kappa shape index (κ2) is 8.75. The van der Waals surface area contributed by atoms with Crippen LogP contribution < -0.4 is 9.47 Å². The van der Waals surface area contributed by atoms with Gasteiger partial charge in [-0.15, -0.1) is 10.2 Å². The number of ether oxygens (including phenoxy) is 2. The Balaban J connectivity index is 1.98. The predicted molar refractivity (Wildman–Crippen MR) is 106 cm³/mol. The van der Waals surface area contributed by atoms with Crippen LogP contribution in [-0.4, -0.2) is 40.5 Å². The summed E-state index contributed by atoms with van der Waals surface area (Å²) in [4.78, 5) is 11.0. The van der Waals surface area contributed by atoms with Gasteiger partial charge in [0.15, 0.2) is 5.16 Å². The van der Waals surface area contributed by atoms with E-state index in [1.165, 1.54) is 11.8 Å². The molecule has 3 rings (SSSR count). The summed E-state index contributed by atoms with van der Waals surface area (Å²) in [6.45, 7) is 1.58. The predicted octanol–water partition coefficient (Wildman–Crippen LogP) is 3.70. The lowest BCUT2D eigenvalue weighted by Crippen LogP contribution is -2.12. The third kappa shape index (κ3) is 4.25. The van der Waals surface area contributed by atoms with E-state index in [4.69, 9.17) is 9.47 Å². The zero-order valence-corrected chi connectivity index (χ0v) is 16.5. The van der Waals surface area contributed by atoms with Crippen molar-refractivity contribution >= 4 is 11.8 Å². The van der Waals surface area contributed by atoms with Gasteiger partial charge in [0.25, 0.3) is 0 Å². The molecule has 1 atom stereocenters. The summed E-state index contributed by atoms with van der Waals surface area (Å²) in [7, 11) is 3.16. The molecule has 146 valence electrons. The first-order valence-electron chi connectivity index (χ1n) is 8.51. The number of para-hydroxylation sites is 1. The molecule has 28 heavy (non-hydrogen) atoms. The largest absolute Gasteiger partial charge is 0.497 e. The normalized spacial score (nSPS) is 11.8. The highest BCUT2D eigenvalue weighted by Gasteiger charge is 2.26. The Morgan fingerprint density at radius 1 is 1.11 bits per heavy atom. The minimum atomic E-state index is -0.480. The molecule has 0 aliphatic heterocycles. The number of thioether (sulfide) groups is 1. The first kappa shape index (κ1) is 19.7. The second-order valence-corrected chi connectivity index (χ2v) is 7.10. The summed E-state index contributed by atoms with van der Waals surface area (Å²) in [5, 5.41) is 19.8. The highest BCUT2D eigenvalue weighted by Crippen LogP contribution is 2.39. The van der Waals surface area contributed by atoms with Crippen LogP contribution in [0.1, 0.15) is 16.6 Å². The molecule has 0 unspecified atom stereocenters. The Morgan fingerprint density at radius 3 is 2.46 bits per heavy atom. The molecular weight excluding hydrogens is 380 g/mol. The lowest BCUT2D eigenvalue weighted by Gasteiger charge is -2.16. The van der Waals surface area contributed by atoms with E-state index in [0.29, 0.717) is 16.7 Å². The van der Waals surface area contributed by atoms with Crippen molar-refractivity contribution in [2.24, 2.45) is 0 Å². The van der Waals surface area contributed by atoms with Crippen LogP contribution in [0.5, 0.6) is 11.5 Å². The zero-order valence-electron chi connectivity index (χ0n) is 15.7. The molecule has 0 amide bonds. The first-order chi connectivity index (χ1) is 13.5. The minimum absolute atomic E-state index is 0.264. The molecule has 0 aliphatic carbocycles. The van der Waals surface area contributed by atoms with Gasteiger partial charge >= 0.3 is 0 Å². The van der Waals surface area contributed by atoms with Crippen LogP contribution in [0.4, 0.5) is 0 Å². The standard InChI is InChI=1S/C19H20N4O4S/c1-13-20-21-19(23(13)14-8-10-15(26-2)11-9-14)28-18(12-22(24)25)16-6-4-5-7-17(16)27-3/h4-11,18H,12H2,1-3H3/t18-/m0/s1. The molecule has 3 aromatic rings. The van der Waals surface area contributed by atoms with Gasteiger partial charge in [0.05, 0.1) is 14.2 Å². The molecule has 9 heteroatoms. The summed E-state index contributed by atoms with van der Waals surface area (Å²) in [6.07, 6.45) is 0. The quantitative estimate of drug-likeness (QED) is 0.323. The fourth-order valence-corrected chi connectivity index (χ4v) is 4.05. The lowest BCUT2D eigenvalue weighted by molar-refractivity contribution is -0.479. The van der Waals surface area contributed by atoms with Crippen LogP contribution in [0.15, 0.2) is 53.7 Å². The highest BCUT2D eigenvalue weighted by molar-refractivity contribution is 7.99. The number of methoxy groups -OCH3 is 2. The number of nitro groups is 1. The Bertz CT molecular complexity index is 959. The van der Waals surface area contributed by atoms with Gasteiger partial charge in [-0.25, -0.2) is 0 Å². The van der Waals surface area contributed by atoms with Gasteiger partial charge < -0.3 is 9.47 Å². The molecule has 2 aromatic carbocycles.